The van der Waals surface area contributed by atoms with Crippen molar-refractivity contribution in [2.75, 3.05) is 10.6 Å². The molecule has 2 rings (SSSR count). The molecule has 0 spiro atoms. The van der Waals surface area contributed by atoms with E-state index < -0.39 is 16.1 Å². The van der Waals surface area contributed by atoms with Crippen molar-refractivity contribution in [3.8, 4) is 0 Å². The molecule has 0 aliphatic rings. The predicted molar refractivity (Wildman–Crippen MR) is 106 cm³/mol. The van der Waals surface area contributed by atoms with Gasteiger partial charge >= 0.3 is 0 Å². The van der Waals surface area contributed by atoms with Gasteiger partial charge in [-0.25, -0.2) is 8.42 Å². The van der Waals surface area contributed by atoms with E-state index in [9.17, 15) is 13.2 Å². The Morgan fingerprint density at radius 1 is 1.08 bits per heavy atom. The van der Waals surface area contributed by atoms with Crippen LogP contribution in [0.4, 0.5) is 5.69 Å². The molecule has 0 aromatic heterocycles. The molecule has 0 saturated carbocycles. The molecule has 1 amide bonds. The maximum Gasteiger partial charge on any atom is 0.244 e. The van der Waals surface area contributed by atoms with Crippen molar-refractivity contribution in [2.24, 2.45) is 0 Å². The molecule has 0 heterocycles. The van der Waals surface area contributed by atoms with E-state index in [1.54, 1.807) is 19.1 Å². The highest BCUT2D eigenvalue weighted by atomic mass is 32.2. The van der Waals surface area contributed by atoms with Gasteiger partial charge in [0.25, 0.3) is 0 Å². The molecule has 140 valence electrons. The molecule has 0 aliphatic heterocycles. The van der Waals surface area contributed by atoms with Crippen molar-refractivity contribution in [3.63, 3.8) is 0 Å². The lowest BCUT2D eigenvalue weighted by atomic mass is 10.0. The number of nitrogens with one attached hydrogen (secondary N) is 1. The molecule has 0 bridgehead atoms. The van der Waals surface area contributed by atoms with Crippen LogP contribution in [-0.4, -0.2) is 26.6 Å². The molecule has 0 radical (unpaired) electrons. The van der Waals surface area contributed by atoms with E-state index in [0.717, 1.165) is 17.4 Å². The average Bonchev–Trinajstić information content (AvgIpc) is 2.60. The normalized spacial score (nSPS) is 13.7. The highest BCUT2D eigenvalue weighted by Crippen LogP contribution is 2.22. The number of hydrogen-bond donors (Lipinski definition) is 1. The number of benzene rings is 2. The largest absolute Gasteiger partial charge is 0.347 e. The molecule has 2 aromatic carbocycles. The Labute approximate surface area is 156 Å². The summed E-state index contributed by atoms with van der Waals surface area (Å²) in [4.78, 5) is 12.8. The van der Waals surface area contributed by atoms with Crippen molar-refractivity contribution >= 4 is 21.6 Å². The number of carbonyl (C=O) groups excluding carboxylic acids is 1. The van der Waals surface area contributed by atoms with Crippen LogP contribution in [0.2, 0.25) is 0 Å². The van der Waals surface area contributed by atoms with Gasteiger partial charge in [0.05, 0.1) is 18.0 Å². The standard InChI is InChI=1S/C20H26N2O3S/c1-5-19(17-9-7-6-8-10-17)21-20(23)16(3)22(26(4,24)25)18-13-11-15(2)12-14-18/h6-14,16,19H,5H2,1-4H3,(H,21,23)/t16-,19-/m0/s1. The summed E-state index contributed by atoms with van der Waals surface area (Å²) in [5, 5.41) is 2.97. The van der Waals surface area contributed by atoms with Crippen LogP contribution in [-0.2, 0) is 14.8 Å². The second-order valence-electron chi connectivity index (χ2n) is 6.45. The van der Waals surface area contributed by atoms with E-state index in [0.29, 0.717) is 12.1 Å². The van der Waals surface area contributed by atoms with Crippen molar-refractivity contribution < 1.29 is 13.2 Å². The number of rotatable bonds is 7. The van der Waals surface area contributed by atoms with E-state index >= 15 is 0 Å². The number of anilines is 1. The monoisotopic (exact) mass is 374 g/mol. The fourth-order valence-electron chi connectivity index (χ4n) is 2.90. The first-order valence-electron chi connectivity index (χ1n) is 8.65. The zero-order valence-corrected chi connectivity index (χ0v) is 16.5. The minimum atomic E-state index is -3.61. The first-order chi connectivity index (χ1) is 12.2. The summed E-state index contributed by atoms with van der Waals surface area (Å²) in [6.07, 6.45) is 1.83. The van der Waals surface area contributed by atoms with Gasteiger partial charge in [0.15, 0.2) is 0 Å². The summed E-state index contributed by atoms with van der Waals surface area (Å²) in [5.41, 5.74) is 2.50. The van der Waals surface area contributed by atoms with Crippen molar-refractivity contribution in [2.45, 2.75) is 39.3 Å². The second-order valence-corrected chi connectivity index (χ2v) is 8.31. The maximum atomic E-state index is 12.8. The van der Waals surface area contributed by atoms with Gasteiger partial charge in [0, 0.05) is 0 Å². The lowest BCUT2D eigenvalue weighted by Gasteiger charge is -2.30. The molecule has 5 nitrogen and oxygen atoms in total. The van der Waals surface area contributed by atoms with E-state index in [4.69, 9.17) is 0 Å². The number of hydrogen-bond acceptors (Lipinski definition) is 3. The Kier molecular flexibility index (Phi) is 6.42. The summed E-state index contributed by atoms with van der Waals surface area (Å²) >= 11 is 0. The fraction of sp³-hybridized carbons (Fsp3) is 0.350. The SMILES string of the molecule is CC[C@H](NC(=O)[C@H](C)N(c1ccc(C)cc1)S(C)(=O)=O)c1ccccc1. The number of amides is 1. The molecule has 26 heavy (non-hydrogen) atoms. The zero-order chi connectivity index (χ0) is 19.3. The summed E-state index contributed by atoms with van der Waals surface area (Å²) in [7, 11) is -3.61. The van der Waals surface area contributed by atoms with Crippen molar-refractivity contribution in [3.05, 3.63) is 65.7 Å². The number of aryl methyl sites for hydroxylation is 1. The minimum Gasteiger partial charge on any atom is -0.347 e. The van der Waals surface area contributed by atoms with Gasteiger partial charge in [-0.1, -0.05) is 55.0 Å². The highest BCUT2D eigenvalue weighted by molar-refractivity contribution is 7.92. The predicted octanol–water partition coefficient (Wildman–Crippen LogP) is 3.42. The Morgan fingerprint density at radius 2 is 1.65 bits per heavy atom. The van der Waals surface area contributed by atoms with E-state index in [2.05, 4.69) is 5.32 Å². The van der Waals surface area contributed by atoms with Gasteiger partial charge in [-0.15, -0.1) is 0 Å². The molecule has 6 heteroatoms. The molecule has 0 fully saturated rings. The number of nitrogens with zero attached hydrogens (tertiary/aromatic N) is 1. The molecule has 0 unspecified atom stereocenters. The molecular weight excluding hydrogens is 348 g/mol. The maximum absolute atomic E-state index is 12.8. The van der Waals surface area contributed by atoms with Gasteiger partial charge in [-0.2, -0.15) is 0 Å². The third-order valence-corrected chi connectivity index (χ3v) is 5.55. The first-order valence-corrected chi connectivity index (χ1v) is 10.5. The fourth-order valence-corrected chi connectivity index (χ4v) is 4.07. The van der Waals surface area contributed by atoms with E-state index in [-0.39, 0.29) is 11.9 Å². The highest BCUT2D eigenvalue weighted by Gasteiger charge is 2.30. The van der Waals surface area contributed by atoms with E-state index in [1.165, 1.54) is 4.31 Å². The van der Waals surface area contributed by atoms with Crippen LogP contribution in [0.25, 0.3) is 0 Å². The molecule has 2 aromatic rings. The summed E-state index contributed by atoms with van der Waals surface area (Å²) in [6.45, 7) is 5.52. The molecule has 0 aliphatic carbocycles. The molecule has 1 N–H and O–H groups in total. The van der Waals surface area contributed by atoms with Crippen LogP contribution in [0.3, 0.4) is 0 Å². The average molecular weight is 375 g/mol. The number of sulfonamides is 1. The van der Waals surface area contributed by atoms with Crippen molar-refractivity contribution in [1.29, 1.82) is 0 Å². The van der Waals surface area contributed by atoms with Crippen molar-refractivity contribution in [1.82, 2.24) is 5.32 Å². The first kappa shape index (κ1) is 20.0. The quantitative estimate of drug-likeness (QED) is 0.807. The number of carbonyl (C=O) groups is 1. The Balaban J connectivity index is 2.26. The molecular formula is C20H26N2O3S. The van der Waals surface area contributed by atoms with Gasteiger partial charge in [0.1, 0.15) is 6.04 Å². The topological polar surface area (TPSA) is 66.5 Å². The van der Waals surface area contributed by atoms with Gasteiger partial charge in [-0.3, -0.25) is 9.10 Å². The molecule has 0 saturated heterocycles. The second kappa shape index (κ2) is 8.36. The third kappa shape index (κ3) is 4.85. The van der Waals surface area contributed by atoms with E-state index in [1.807, 2.05) is 56.3 Å². The zero-order valence-electron chi connectivity index (χ0n) is 15.6. The van der Waals surface area contributed by atoms with Crippen LogP contribution in [0.1, 0.15) is 37.4 Å². The summed E-state index contributed by atoms with van der Waals surface area (Å²) < 4.78 is 25.8. The van der Waals surface area contributed by atoms with Crippen LogP contribution in [0, 0.1) is 6.92 Å². The smallest absolute Gasteiger partial charge is 0.244 e. The summed E-state index contributed by atoms with van der Waals surface area (Å²) in [5.74, 6) is -0.327. The van der Waals surface area contributed by atoms with Crippen LogP contribution >= 0.6 is 0 Å². The lowest BCUT2D eigenvalue weighted by molar-refractivity contribution is -0.122. The molecule has 2 atom stereocenters. The third-order valence-electron chi connectivity index (χ3n) is 4.30. The Morgan fingerprint density at radius 3 is 2.15 bits per heavy atom. The Bertz CT molecular complexity index is 833. The van der Waals surface area contributed by atoms with Gasteiger partial charge < -0.3 is 5.32 Å². The minimum absolute atomic E-state index is 0.162. The van der Waals surface area contributed by atoms with Crippen LogP contribution in [0.5, 0.6) is 0 Å². The summed E-state index contributed by atoms with van der Waals surface area (Å²) in [6, 6.07) is 15.7. The van der Waals surface area contributed by atoms with Crippen LogP contribution < -0.4 is 9.62 Å². The Hall–Kier alpha value is -2.34. The van der Waals surface area contributed by atoms with Gasteiger partial charge in [0.2, 0.25) is 15.9 Å². The van der Waals surface area contributed by atoms with Gasteiger partial charge in [-0.05, 0) is 38.0 Å². The lowest BCUT2D eigenvalue weighted by Crippen LogP contribution is -2.48. The van der Waals surface area contributed by atoms with Crippen LogP contribution in [0.15, 0.2) is 54.6 Å².